The molecule has 0 aliphatic heterocycles. The molecule has 3 heteroatoms. The molecule has 0 saturated carbocycles. The van der Waals surface area contributed by atoms with Gasteiger partial charge in [0.25, 0.3) is 0 Å². The van der Waals surface area contributed by atoms with Gasteiger partial charge in [0.05, 0.1) is 0 Å². The van der Waals surface area contributed by atoms with E-state index in [1.165, 1.54) is 12.1 Å². The van der Waals surface area contributed by atoms with Crippen LogP contribution < -0.4 is 4.74 Å². The third-order valence-corrected chi connectivity index (χ3v) is 1.35. The van der Waals surface area contributed by atoms with Gasteiger partial charge in [-0.05, 0) is 31.2 Å². The maximum atomic E-state index is 10.2. The van der Waals surface area contributed by atoms with Crippen LogP contribution in [-0.2, 0) is 4.79 Å². The van der Waals surface area contributed by atoms with E-state index in [2.05, 4.69) is 0 Å². The topological polar surface area (TPSA) is 46.5 Å². The van der Waals surface area contributed by atoms with Crippen LogP contribution in [0.5, 0.6) is 11.5 Å². The Hall–Kier alpha value is -1.51. The van der Waals surface area contributed by atoms with Gasteiger partial charge in [-0.3, -0.25) is 4.79 Å². The van der Waals surface area contributed by atoms with Crippen molar-refractivity contribution >= 4 is 6.29 Å². The predicted octanol–water partition coefficient (Wildman–Crippen LogP) is 1.36. The van der Waals surface area contributed by atoms with Gasteiger partial charge < -0.3 is 9.84 Å². The van der Waals surface area contributed by atoms with Crippen molar-refractivity contribution in [2.45, 2.75) is 13.0 Å². The first-order valence-electron chi connectivity index (χ1n) is 3.63. The van der Waals surface area contributed by atoms with E-state index in [0.717, 1.165) is 0 Å². The fourth-order valence-corrected chi connectivity index (χ4v) is 0.767. The Balaban J connectivity index is 2.64. The number of carbonyl (C=O) groups excluding carboxylic acids is 1. The normalized spacial score (nSPS) is 12.1. The van der Waals surface area contributed by atoms with Crippen molar-refractivity contribution in [2.75, 3.05) is 0 Å². The lowest BCUT2D eigenvalue weighted by Gasteiger charge is -2.07. The number of benzene rings is 1. The first kappa shape index (κ1) is 8.59. The number of phenolic OH excluding ortho intramolecular Hbond substituents is 1. The van der Waals surface area contributed by atoms with Gasteiger partial charge in [-0.2, -0.15) is 0 Å². The van der Waals surface area contributed by atoms with Crippen LogP contribution in [0.2, 0.25) is 0 Å². The lowest BCUT2D eigenvalue weighted by Crippen LogP contribution is -2.12. The van der Waals surface area contributed by atoms with Crippen LogP contribution in [0.3, 0.4) is 0 Å². The zero-order valence-electron chi connectivity index (χ0n) is 6.73. The second-order valence-electron chi connectivity index (χ2n) is 2.45. The predicted molar refractivity (Wildman–Crippen MR) is 44.3 cm³/mol. The van der Waals surface area contributed by atoms with Gasteiger partial charge in [0.2, 0.25) is 0 Å². The van der Waals surface area contributed by atoms with E-state index in [9.17, 15) is 4.79 Å². The summed E-state index contributed by atoms with van der Waals surface area (Å²) in [6.07, 6.45) is 0.266. The second kappa shape index (κ2) is 3.76. The van der Waals surface area contributed by atoms with Crippen LogP contribution in [-0.4, -0.2) is 17.5 Å². The summed E-state index contributed by atoms with van der Waals surface area (Å²) in [6.45, 7) is 1.65. The SMILES string of the molecule is CC(C=O)Oc1ccc(O)cc1. The minimum Gasteiger partial charge on any atom is -0.508 e. The maximum Gasteiger partial charge on any atom is 0.160 e. The third-order valence-electron chi connectivity index (χ3n) is 1.35. The molecule has 64 valence electrons. The highest BCUT2D eigenvalue weighted by atomic mass is 16.5. The summed E-state index contributed by atoms with van der Waals surface area (Å²) >= 11 is 0. The van der Waals surface area contributed by atoms with Crippen LogP contribution in [0.4, 0.5) is 0 Å². The smallest absolute Gasteiger partial charge is 0.160 e. The van der Waals surface area contributed by atoms with Crippen molar-refractivity contribution in [1.82, 2.24) is 0 Å². The molecule has 0 amide bonds. The molecule has 0 spiro atoms. The summed E-state index contributed by atoms with van der Waals surface area (Å²) in [7, 11) is 0. The van der Waals surface area contributed by atoms with Gasteiger partial charge in [-0.1, -0.05) is 0 Å². The number of phenols is 1. The Bertz CT molecular complexity index is 253. The standard InChI is InChI=1S/C9H10O3/c1-7(6-10)12-9-4-2-8(11)3-5-9/h2-7,11H,1H3. The molecule has 0 heterocycles. The average molecular weight is 166 g/mol. The summed E-state index contributed by atoms with van der Waals surface area (Å²) in [5.74, 6) is 0.758. The number of hydrogen-bond acceptors (Lipinski definition) is 3. The molecule has 0 aliphatic rings. The molecule has 0 aliphatic carbocycles. The van der Waals surface area contributed by atoms with E-state index in [1.807, 2.05) is 0 Å². The van der Waals surface area contributed by atoms with E-state index in [1.54, 1.807) is 19.1 Å². The quantitative estimate of drug-likeness (QED) is 0.689. The minimum absolute atomic E-state index is 0.182. The average Bonchev–Trinajstić information content (AvgIpc) is 2.09. The molecule has 1 rings (SSSR count). The minimum atomic E-state index is -0.449. The largest absolute Gasteiger partial charge is 0.508 e. The fraction of sp³-hybridized carbons (Fsp3) is 0.222. The van der Waals surface area contributed by atoms with Crippen molar-refractivity contribution in [1.29, 1.82) is 0 Å². The van der Waals surface area contributed by atoms with E-state index in [0.29, 0.717) is 12.0 Å². The summed E-state index contributed by atoms with van der Waals surface area (Å²) in [5, 5.41) is 8.92. The Labute approximate surface area is 70.6 Å². The monoisotopic (exact) mass is 166 g/mol. The van der Waals surface area contributed by atoms with Gasteiger partial charge >= 0.3 is 0 Å². The van der Waals surface area contributed by atoms with Crippen LogP contribution >= 0.6 is 0 Å². The van der Waals surface area contributed by atoms with Crippen LogP contribution in [0.15, 0.2) is 24.3 Å². The molecule has 0 aromatic heterocycles. The Morgan fingerprint density at radius 1 is 1.42 bits per heavy atom. The summed E-state index contributed by atoms with van der Waals surface area (Å²) < 4.78 is 5.14. The first-order chi connectivity index (χ1) is 5.72. The molecule has 12 heavy (non-hydrogen) atoms. The zero-order valence-corrected chi connectivity index (χ0v) is 6.73. The number of aromatic hydroxyl groups is 1. The van der Waals surface area contributed by atoms with Crippen LogP contribution in [0.1, 0.15) is 6.92 Å². The van der Waals surface area contributed by atoms with Crippen molar-refractivity contribution in [3.8, 4) is 11.5 Å². The Morgan fingerprint density at radius 2 is 2.00 bits per heavy atom. The Morgan fingerprint density at radius 3 is 2.50 bits per heavy atom. The van der Waals surface area contributed by atoms with Crippen molar-refractivity contribution in [3.05, 3.63) is 24.3 Å². The van der Waals surface area contributed by atoms with Gasteiger partial charge in [0.15, 0.2) is 12.4 Å². The highest BCUT2D eigenvalue weighted by Crippen LogP contribution is 2.16. The Kier molecular flexibility index (Phi) is 2.69. The summed E-state index contributed by atoms with van der Waals surface area (Å²) in [5.41, 5.74) is 0. The van der Waals surface area contributed by atoms with E-state index in [4.69, 9.17) is 9.84 Å². The summed E-state index contributed by atoms with van der Waals surface area (Å²) in [4.78, 5) is 10.2. The molecule has 1 aromatic carbocycles. The maximum absolute atomic E-state index is 10.2. The zero-order chi connectivity index (χ0) is 8.97. The number of carbonyl (C=O) groups is 1. The first-order valence-corrected chi connectivity index (χ1v) is 3.63. The molecule has 0 radical (unpaired) electrons. The fourth-order valence-electron chi connectivity index (χ4n) is 0.767. The lowest BCUT2D eigenvalue weighted by atomic mass is 10.3. The third kappa shape index (κ3) is 2.27. The molecule has 0 bridgehead atoms. The molecular formula is C9H10O3. The summed E-state index contributed by atoms with van der Waals surface area (Å²) in [6, 6.07) is 6.23. The van der Waals surface area contributed by atoms with Gasteiger partial charge in [0, 0.05) is 0 Å². The van der Waals surface area contributed by atoms with E-state index in [-0.39, 0.29) is 5.75 Å². The molecular weight excluding hydrogens is 156 g/mol. The van der Waals surface area contributed by atoms with Gasteiger partial charge in [-0.15, -0.1) is 0 Å². The molecule has 0 saturated heterocycles. The number of rotatable bonds is 3. The lowest BCUT2D eigenvalue weighted by molar-refractivity contribution is -0.113. The molecule has 3 nitrogen and oxygen atoms in total. The second-order valence-corrected chi connectivity index (χ2v) is 2.45. The molecule has 1 aromatic rings. The van der Waals surface area contributed by atoms with E-state index >= 15 is 0 Å². The molecule has 1 atom stereocenters. The van der Waals surface area contributed by atoms with Crippen molar-refractivity contribution in [3.63, 3.8) is 0 Å². The van der Waals surface area contributed by atoms with Crippen LogP contribution in [0, 0.1) is 0 Å². The number of hydrogen-bond donors (Lipinski definition) is 1. The highest BCUT2D eigenvalue weighted by molar-refractivity contribution is 5.56. The number of ether oxygens (including phenoxy) is 1. The molecule has 1 unspecified atom stereocenters. The van der Waals surface area contributed by atoms with Crippen molar-refractivity contribution in [2.24, 2.45) is 0 Å². The van der Waals surface area contributed by atoms with E-state index < -0.39 is 6.10 Å². The van der Waals surface area contributed by atoms with Crippen LogP contribution in [0.25, 0.3) is 0 Å². The van der Waals surface area contributed by atoms with Gasteiger partial charge in [0.1, 0.15) is 11.5 Å². The molecule has 1 N–H and O–H groups in total. The van der Waals surface area contributed by atoms with Gasteiger partial charge in [-0.25, -0.2) is 0 Å². The highest BCUT2D eigenvalue weighted by Gasteiger charge is 2.00. The molecule has 0 fully saturated rings. The van der Waals surface area contributed by atoms with Crippen molar-refractivity contribution < 1.29 is 14.6 Å². The number of aldehydes is 1.